The van der Waals surface area contributed by atoms with Crippen LogP contribution in [-0.2, 0) is 15.0 Å². The Morgan fingerprint density at radius 1 is 0.860 bits per heavy atom. The van der Waals surface area contributed by atoms with Gasteiger partial charge in [-0.25, -0.2) is 9.97 Å². The monoisotopic (exact) mass is 673 g/mol. The Kier molecular flexibility index (Phi) is 7.82. The van der Waals surface area contributed by atoms with E-state index in [1.807, 2.05) is 24.3 Å². The minimum Gasteiger partial charge on any atom is -0.490 e. The normalized spacial score (nSPS) is 22.7. The highest BCUT2D eigenvalue weighted by atomic mass is 16.5. The molecule has 3 N–H and O–H groups in total. The summed E-state index contributed by atoms with van der Waals surface area (Å²) in [5.74, 6) is 0.295. The van der Waals surface area contributed by atoms with Crippen molar-refractivity contribution in [2.24, 2.45) is 0 Å². The SMILES string of the molecule is C[C@@H](O)c1ncc(Oc2ccc(C3(c4ccc(OC5CC(Nc6ccc7c(c6)C(=O)N(C6CCC(=O)NC6=O)C7=O)C5)cc4)CC3)cc2)cn1. The van der Waals surface area contributed by atoms with Crippen molar-refractivity contribution in [3.05, 3.63) is 107 Å². The summed E-state index contributed by atoms with van der Waals surface area (Å²) in [6.45, 7) is 1.62. The molecule has 2 saturated carbocycles. The summed E-state index contributed by atoms with van der Waals surface area (Å²) in [4.78, 5) is 59.3. The Morgan fingerprint density at radius 3 is 2.12 bits per heavy atom. The van der Waals surface area contributed by atoms with Crippen molar-refractivity contribution in [2.75, 3.05) is 5.32 Å². The van der Waals surface area contributed by atoms with Crippen molar-refractivity contribution < 1.29 is 33.8 Å². The smallest absolute Gasteiger partial charge is 0.262 e. The molecule has 1 saturated heterocycles. The van der Waals surface area contributed by atoms with Gasteiger partial charge >= 0.3 is 0 Å². The second-order valence-electron chi connectivity index (χ2n) is 13.4. The van der Waals surface area contributed by atoms with E-state index in [9.17, 15) is 24.3 Å². The first-order chi connectivity index (χ1) is 24.2. The van der Waals surface area contributed by atoms with Crippen LogP contribution in [0.3, 0.4) is 0 Å². The molecule has 3 aromatic carbocycles. The van der Waals surface area contributed by atoms with Gasteiger partial charge in [-0.15, -0.1) is 0 Å². The fraction of sp³-hybridized carbons (Fsp3) is 0.316. The van der Waals surface area contributed by atoms with Crippen LogP contribution in [0.15, 0.2) is 79.1 Å². The molecular weight excluding hydrogens is 638 g/mol. The second-order valence-corrected chi connectivity index (χ2v) is 13.4. The number of ether oxygens (including phenoxy) is 2. The molecule has 0 spiro atoms. The summed E-state index contributed by atoms with van der Waals surface area (Å²) < 4.78 is 12.2. The highest BCUT2D eigenvalue weighted by Crippen LogP contribution is 2.54. The Labute approximate surface area is 287 Å². The molecule has 8 rings (SSSR count). The lowest BCUT2D eigenvalue weighted by Crippen LogP contribution is -2.54. The fourth-order valence-corrected chi connectivity index (χ4v) is 7.06. The first kappa shape index (κ1) is 31.6. The number of imide groups is 2. The van der Waals surface area contributed by atoms with Crippen molar-refractivity contribution >= 4 is 29.3 Å². The van der Waals surface area contributed by atoms with Crippen LogP contribution in [0.4, 0.5) is 5.69 Å². The van der Waals surface area contributed by atoms with Gasteiger partial charge in [0, 0.05) is 36.4 Å². The number of amides is 4. The topological polar surface area (TPSA) is 160 Å². The fourth-order valence-electron chi connectivity index (χ4n) is 7.06. The zero-order valence-electron chi connectivity index (χ0n) is 27.3. The predicted octanol–water partition coefficient (Wildman–Crippen LogP) is 4.83. The van der Waals surface area contributed by atoms with E-state index in [0.29, 0.717) is 17.3 Å². The number of hydrogen-bond donors (Lipinski definition) is 3. The standard InChI is InChI=1S/C38H35N5O7/c1-21(44)34-39-19-29(20-40-34)50-27-9-4-23(5-10-27)38(14-15-38)22-2-7-26(8-3-22)49-28-16-25(17-28)41-24-6-11-30-31(18-24)37(48)43(36(30)47)32-12-13-33(45)42-35(32)46/h2-11,18-21,25,28,32,41,44H,12-17H2,1H3,(H,42,45,46)/t21-,25?,28?,32?/m1/s1. The number of rotatable bonds is 10. The molecule has 254 valence electrons. The van der Waals surface area contributed by atoms with Crippen LogP contribution in [0.25, 0.3) is 0 Å². The van der Waals surface area contributed by atoms with Crippen LogP contribution in [0.5, 0.6) is 17.2 Å². The average Bonchev–Trinajstić information content (AvgIpc) is 3.87. The zero-order chi connectivity index (χ0) is 34.6. The Bertz CT molecular complexity index is 1990. The maximum Gasteiger partial charge on any atom is 0.262 e. The van der Waals surface area contributed by atoms with Crippen LogP contribution in [0.1, 0.15) is 89.2 Å². The molecular formula is C38H35N5O7. The molecule has 0 radical (unpaired) electrons. The average molecular weight is 674 g/mol. The molecule has 12 heteroatoms. The molecule has 1 unspecified atom stereocenters. The Hall–Kier alpha value is -5.62. The maximum absolute atomic E-state index is 13.2. The zero-order valence-corrected chi connectivity index (χ0v) is 27.3. The van der Waals surface area contributed by atoms with Gasteiger partial charge in [0.2, 0.25) is 11.8 Å². The third-order valence-electron chi connectivity index (χ3n) is 10.0. The van der Waals surface area contributed by atoms with Crippen molar-refractivity contribution in [1.82, 2.24) is 20.2 Å². The molecule has 3 fully saturated rings. The van der Waals surface area contributed by atoms with Gasteiger partial charge in [0.05, 0.1) is 23.5 Å². The summed E-state index contributed by atoms with van der Waals surface area (Å²) in [6, 6.07) is 20.7. The minimum absolute atomic E-state index is 0.0225. The summed E-state index contributed by atoms with van der Waals surface area (Å²) in [5, 5.41) is 15.3. The number of nitrogens with zero attached hydrogens (tertiary/aromatic N) is 3. The largest absolute Gasteiger partial charge is 0.490 e. The van der Waals surface area contributed by atoms with Gasteiger partial charge in [0.1, 0.15) is 29.7 Å². The van der Waals surface area contributed by atoms with Crippen molar-refractivity contribution in [2.45, 2.75) is 75.2 Å². The van der Waals surface area contributed by atoms with E-state index in [1.165, 1.54) is 11.1 Å². The third-order valence-corrected chi connectivity index (χ3v) is 10.0. The number of anilines is 1. The van der Waals surface area contributed by atoms with Crippen LogP contribution in [-0.4, -0.2) is 61.8 Å². The molecule has 2 aliphatic heterocycles. The minimum atomic E-state index is -0.985. The number of benzene rings is 3. The number of carbonyl (C=O) groups is 4. The molecule has 12 nitrogen and oxygen atoms in total. The number of hydrogen-bond acceptors (Lipinski definition) is 10. The third kappa shape index (κ3) is 5.85. The first-order valence-electron chi connectivity index (χ1n) is 16.8. The molecule has 1 aromatic heterocycles. The lowest BCUT2D eigenvalue weighted by atomic mass is 9.87. The lowest BCUT2D eigenvalue weighted by molar-refractivity contribution is -0.136. The van der Waals surface area contributed by atoms with Gasteiger partial charge in [0.25, 0.3) is 11.8 Å². The quantitative estimate of drug-likeness (QED) is 0.199. The van der Waals surface area contributed by atoms with E-state index < -0.39 is 35.8 Å². The molecule has 2 atom stereocenters. The van der Waals surface area contributed by atoms with Gasteiger partial charge in [-0.05, 0) is 79.8 Å². The number of piperidine rings is 1. The van der Waals surface area contributed by atoms with E-state index >= 15 is 0 Å². The van der Waals surface area contributed by atoms with Crippen molar-refractivity contribution in [3.63, 3.8) is 0 Å². The predicted molar refractivity (Wildman–Crippen MR) is 180 cm³/mol. The maximum atomic E-state index is 13.2. The molecule has 4 amide bonds. The van der Waals surface area contributed by atoms with E-state index in [4.69, 9.17) is 9.47 Å². The molecule has 0 bridgehead atoms. The van der Waals surface area contributed by atoms with Gasteiger partial charge in [-0.2, -0.15) is 0 Å². The number of fused-ring (bicyclic) bond motifs is 1. The number of aliphatic hydroxyl groups is 1. The number of carbonyl (C=O) groups excluding carboxylic acids is 4. The van der Waals surface area contributed by atoms with Crippen LogP contribution >= 0.6 is 0 Å². The highest BCUT2D eigenvalue weighted by molar-refractivity contribution is 6.23. The summed E-state index contributed by atoms with van der Waals surface area (Å²) >= 11 is 0. The van der Waals surface area contributed by atoms with Gasteiger partial charge < -0.3 is 19.9 Å². The lowest BCUT2D eigenvalue weighted by Gasteiger charge is -2.36. The Morgan fingerprint density at radius 2 is 1.50 bits per heavy atom. The second kappa shape index (κ2) is 12.4. The summed E-state index contributed by atoms with van der Waals surface area (Å²) in [7, 11) is 0. The number of nitrogens with one attached hydrogen (secondary N) is 2. The number of aromatic nitrogens is 2. The summed E-state index contributed by atoms with van der Waals surface area (Å²) in [6.07, 6.45) is 6.32. The molecule has 2 aliphatic carbocycles. The van der Waals surface area contributed by atoms with E-state index in [0.717, 1.165) is 42.0 Å². The van der Waals surface area contributed by atoms with Crippen LogP contribution in [0, 0.1) is 0 Å². The van der Waals surface area contributed by atoms with Gasteiger partial charge in [0.15, 0.2) is 11.6 Å². The summed E-state index contributed by atoms with van der Waals surface area (Å²) in [5.41, 5.74) is 3.69. The van der Waals surface area contributed by atoms with Gasteiger partial charge in [-0.1, -0.05) is 24.3 Å². The van der Waals surface area contributed by atoms with Crippen molar-refractivity contribution in [1.29, 1.82) is 0 Å². The highest BCUT2D eigenvalue weighted by Gasteiger charge is 2.46. The van der Waals surface area contributed by atoms with Crippen LogP contribution in [0.2, 0.25) is 0 Å². The molecule has 3 heterocycles. The van der Waals surface area contributed by atoms with Crippen molar-refractivity contribution in [3.8, 4) is 17.2 Å². The molecule has 4 aromatic rings. The number of aliphatic hydroxyl groups excluding tert-OH is 1. The van der Waals surface area contributed by atoms with E-state index in [2.05, 4.69) is 44.9 Å². The van der Waals surface area contributed by atoms with E-state index in [1.54, 1.807) is 37.5 Å². The Balaban J connectivity index is 0.839. The van der Waals surface area contributed by atoms with Crippen LogP contribution < -0.4 is 20.1 Å². The molecule has 50 heavy (non-hydrogen) atoms. The van der Waals surface area contributed by atoms with E-state index in [-0.39, 0.29) is 41.5 Å². The first-order valence-corrected chi connectivity index (χ1v) is 16.8. The van der Waals surface area contributed by atoms with Gasteiger partial charge in [-0.3, -0.25) is 29.4 Å². The molecule has 4 aliphatic rings.